The number of carbonyl (C=O) groups is 2. The predicted octanol–water partition coefficient (Wildman–Crippen LogP) is -7.96. The van der Waals surface area contributed by atoms with E-state index in [9.17, 15) is 24.6 Å². The summed E-state index contributed by atoms with van der Waals surface area (Å²) in [6.45, 7) is 0. The van der Waals surface area contributed by atoms with E-state index in [-0.39, 0.29) is 73.2 Å². The number of carboxylic acid groups (broad SMARTS) is 2. The van der Waals surface area contributed by atoms with E-state index < -0.39 is 11.9 Å². The van der Waals surface area contributed by atoms with Crippen molar-refractivity contribution >= 4 is 18.2 Å². The zero-order chi connectivity index (χ0) is 18.7. The maximum Gasteiger partial charge on any atom is 1.00 e. The van der Waals surface area contributed by atoms with Crippen LogP contribution >= 0.6 is 0 Å². The summed E-state index contributed by atoms with van der Waals surface area (Å²) in [5.74, 6) is -2.65. The van der Waals surface area contributed by atoms with Gasteiger partial charge in [0.2, 0.25) is 0 Å². The third-order valence-corrected chi connectivity index (χ3v) is 4.01. The van der Waals surface area contributed by atoms with Gasteiger partial charge in [0.15, 0.2) is 0 Å². The summed E-state index contributed by atoms with van der Waals surface area (Å²) in [7, 11) is 0. The molecule has 0 fully saturated rings. The van der Waals surface area contributed by atoms with Crippen LogP contribution in [0.1, 0.15) is 26.3 Å². The molecule has 0 heterocycles. The van der Waals surface area contributed by atoms with E-state index in [1.165, 1.54) is 30.3 Å². The topological polar surface area (TPSA) is 127 Å². The van der Waals surface area contributed by atoms with Gasteiger partial charge in [-0.05, 0) is 33.9 Å². The van der Waals surface area contributed by atoms with Crippen molar-refractivity contribution in [1.82, 2.24) is 0 Å². The minimum absolute atomic E-state index is 0. The summed E-state index contributed by atoms with van der Waals surface area (Å²) < 4.78 is 0. The molecule has 3 aromatic carbocycles. The second-order valence-electron chi connectivity index (χ2n) is 5.59. The van der Waals surface area contributed by atoms with Crippen molar-refractivity contribution in [3.63, 3.8) is 0 Å². The molecule has 0 amide bonds. The van der Waals surface area contributed by atoms with E-state index in [1.54, 1.807) is 42.7 Å². The maximum absolute atomic E-state index is 11.6. The van der Waals surface area contributed by atoms with E-state index >= 15 is 0 Å². The third-order valence-electron chi connectivity index (χ3n) is 4.01. The minimum atomic E-state index is -1.34. The van der Waals surface area contributed by atoms with Crippen LogP contribution in [0.2, 0.25) is 0 Å². The van der Waals surface area contributed by atoms with Crippen molar-refractivity contribution in [3.8, 4) is 22.3 Å². The van der Waals surface area contributed by atoms with Gasteiger partial charge in [0, 0.05) is 5.56 Å². The Morgan fingerprint density at radius 3 is 1.63 bits per heavy atom. The Morgan fingerprint density at radius 1 is 0.667 bits per heavy atom. The number of hydrogen-bond acceptors (Lipinski definition) is 6. The van der Waals surface area contributed by atoms with Crippen LogP contribution in [0.15, 0.2) is 66.7 Å². The molecule has 30 heavy (non-hydrogen) atoms. The molecule has 0 aromatic heterocycles. The van der Waals surface area contributed by atoms with Gasteiger partial charge in [0.05, 0.1) is 18.2 Å². The summed E-state index contributed by atoms with van der Waals surface area (Å²) >= 11 is 0. The Bertz CT molecular complexity index is 1000. The predicted molar refractivity (Wildman–Crippen MR) is 92.7 cm³/mol. The number of aromatic carboxylic acids is 2. The van der Waals surface area contributed by atoms with E-state index in [4.69, 9.17) is 0 Å². The normalized spacial score (nSPS) is 8.93. The summed E-state index contributed by atoms with van der Waals surface area (Å²) in [6, 6.07) is 17.2. The van der Waals surface area contributed by atoms with Gasteiger partial charge in [-0.3, -0.25) is 0 Å². The van der Waals surface area contributed by atoms with Crippen LogP contribution in [-0.2, 0) is 4.79 Å². The van der Waals surface area contributed by atoms with E-state index in [0.29, 0.717) is 22.3 Å². The minimum Gasteiger partial charge on any atom is -0.870 e. The van der Waals surface area contributed by atoms with Crippen LogP contribution < -0.4 is 66.8 Å². The van der Waals surface area contributed by atoms with Gasteiger partial charge in [-0.1, -0.05) is 36.4 Å². The molecular weight excluding hydrogens is 369 g/mol. The Labute approximate surface area is 209 Å². The largest absolute Gasteiger partial charge is 1.00 e. The van der Waals surface area contributed by atoms with Crippen molar-refractivity contribution in [1.29, 1.82) is 0 Å². The molecule has 0 aliphatic rings. The van der Waals surface area contributed by atoms with Crippen LogP contribution in [0.4, 0.5) is 0 Å². The quantitative estimate of drug-likeness (QED) is 0.319. The second kappa shape index (κ2) is 13.4. The van der Waals surface area contributed by atoms with Gasteiger partial charge < -0.3 is 30.1 Å². The molecule has 3 aromatic rings. The summed E-state index contributed by atoms with van der Waals surface area (Å²) in [4.78, 5) is 33.0. The molecule has 0 saturated heterocycles. The molecule has 0 saturated carbocycles. The first-order valence-electron chi connectivity index (χ1n) is 7.65. The first-order chi connectivity index (χ1) is 12.5. The fraction of sp³-hybridized carbons (Fsp3) is 0. The van der Waals surface area contributed by atoms with Crippen molar-refractivity contribution in [2.75, 3.05) is 0 Å². The molecule has 0 atom stereocenters. The number of benzene rings is 3. The average molecular weight is 381 g/mol. The third kappa shape index (κ3) is 6.78. The molecule has 6 nitrogen and oxygen atoms in total. The maximum atomic E-state index is 11.6. The molecule has 136 valence electrons. The van der Waals surface area contributed by atoms with E-state index in [0.717, 1.165) is 5.56 Å². The van der Waals surface area contributed by atoms with Gasteiger partial charge in [-0.2, -0.15) is 17.7 Å². The SMILES string of the molecule is O=[C-]c1ccc(-c2ccc(-c3ccc(C(=O)[O-])cc3)c(C(=O)[O-])c2)cc1.[Li+].[Li+].[Li+].[OH-]. The first-order valence-corrected chi connectivity index (χ1v) is 7.65. The van der Waals surface area contributed by atoms with Crippen LogP contribution in [0.5, 0.6) is 0 Å². The van der Waals surface area contributed by atoms with Crippen molar-refractivity contribution in [3.05, 3.63) is 83.4 Å². The Hall–Kier alpha value is -1.98. The van der Waals surface area contributed by atoms with Crippen molar-refractivity contribution in [2.45, 2.75) is 0 Å². The number of rotatable bonds is 5. The number of hydrogen-bond donors (Lipinski definition) is 0. The first kappa shape index (κ1) is 30.2. The van der Waals surface area contributed by atoms with Gasteiger partial charge in [0.25, 0.3) is 0 Å². The van der Waals surface area contributed by atoms with Crippen LogP contribution in [0.25, 0.3) is 22.3 Å². The number of carbonyl (C=O) groups excluding carboxylic acids is 3. The Morgan fingerprint density at radius 2 is 1.17 bits per heavy atom. The van der Waals surface area contributed by atoms with Gasteiger partial charge in [-0.15, -0.1) is 12.1 Å². The summed E-state index contributed by atoms with van der Waals surface area (Å²) in [6.07, 6.45) is 1.78. The Balaban J connectivity index is 0. The fourth-order valence-corrected chi connectivity index (χ4v) is 2.66. The van der Waals surface area contributed by atoms with Gasteiger partial charge >= 0.3 is 56.6 Å². The van der Waals surface area contributed by atoms with E-state index in [2.05, 4.69) is 0 Å². The zero-order valence-electron chi connectivity index (χ0n) is 16.8. The molecule has 0 aliphatic carbocycles. The standard InChI is InChI=1S/C21H13O5.3Li.H2O/c22-12-13-1-3-14(4-2-13)17-9-10-18(19(11-17)21(25)26)15-5-7-16(8-6-15)20(23)24;;;;/h1-11H,(H,23,24)(H,25,26);;;;1H2/q-1;3*+1;/p-3. The molecule has 0 unspecified atom stereocenters. The molecule has 1 N–H and O–H groups in total. The molecule has 3 rings (SSSR count). The average Bonchev–Trinajstić information content (AvgIpc) is 2.67. The van der Waals surface area contributed by atoms with Crippen LogP contribution in [-0.4, -0.2) is 23.7 Å². The molecule has 0 spiro atoms. The molecule has 0 bridgehead atoms. The summed E-state index contributed by atoms with van der Waals surface area (Å²) in [5, 5.41) is 22.4. The monoisotopic (exact) mass is 381 g/mol. The van der Waals surface area contributed by atoms with E-state index in [1.807, 2.05) is 0 Å². The fourth-order valence-electron chi connectivity index (χ4n) is 2.66. The summed E-state index contributed by atoms with van der Waals surface area (Å²) in [5.41, 5.74) is 2.74. The van der Waals surface area contributed by atoms with Crippen molar-refractivity contribution in [2.24, 2.45) is 0 Å². The van der Waals surface area contributed by atoms with Crippen molar-refractivity contribution < 1.29 is 86.7 Å². The van der Waals surface area contributed by atoms with Crippen LogP contribution in [0.3, 0.4) is 0 Å². The molecule has 9 heteroatoms. The zero-order valence-corrected chi connectivity index (χ0v) is 16.8. The van der Waals surface area contributed by atoms with Crippen LogP contribution in [0, 0.1) is 0 Å². The smallest absolute Gasteiger partial charge is 0.870 e. The molecule has 0 aliphatic heterocycles. The Kier molecular flexibility index (Phi) is 13.4. The van der Waals surface area contributed by atoms with Gasteiger partial charge in [0.1, 0.15) is 0 Å². The molecular formula is C21H12Li3O6-. The van der Waals surface area contributed by atoms with Gasteiger partial charge in [-0.25, -0.2) is 0 Å². The molecule has 0 radical (unpaired) electrons. The number of carboxylic acids is 2. The second-order valence-corrected chi connectivity index (χ2v) is 5.59.